The summed E-state index contributed by atoms with van der Waals surface area (Å²) >= 11 is 0. The lowest BCUT2D eigenvalue weighted by atomic mass is 9.92. The molecule has 0 spiro atoms. The number of amides is 1. The van der Waals surface area contributed by atoms with Crippen LogP contribution in [-0.2, 0) is 11.3 Å². The summed E-state index contributed by atoms with van der Waals surface area (Å²) in [5.41, 5.74) is 1.74. The number of carbonyl (C=O) groups is 1. The Balaban J connectivity index is 2.12. The van der Waals surface area contributed by atoms with Gasteiger partial charge in [-0.15, -0.1) is 0 Å². The monoisotopic (exact) mass is 248 g/mol. The van der Waals surface area contributed by atoms with Crippen LogP contribution in [-0.4, -0.2) is 16.6 Å². The van der Waals surface area contributed by atoms with Gasteiger partial charge in [0.2, 0.25) is 0 Å². The van der Waals surface area contributed by atoms with Crippen molar-refractivity contribution in [2.75, 3.05) is 0 Å². The molecule has 1 heterocycles. The molecular formula is C14H17FN2O. The third-order valence-corrected chi connectivity index (χ3v) is 3.16. The van der Waals surface area contributed by atoms with E-state index in [2.05, 4.69) is 5.10 Å². The highest BCUT2D eigenvalue weighted by Gasteiger charge is 2.35. The van der Waals surface area contributed by atoms with Crippen LogP contribution in [0.5, 0.6) is 0 Å². The second kappa shape index (κ2) is 4.88. The standard InChI is InChI=1S/C14H17FN2O/c1-9(2)13-10(3)16-17(14(13)18)8-11-4-6-12(15)7-5-11/h4-7,9,13H,8H2,1-3H3. The average molecular weight is 248 g/mol. The summed E-state index contributed by atoms with van der Waals surface area (Å²) in [6.45, 7) is 6.32. The van der Waals surface area contributed by atoms with E-state index in [0.717, 1.165) is 11.3 Å². The van der Waals surface area contributed by atoms with Gasteiger partial charge in [0, 0.05) is 5.71 Å². The van der Waals surface area contributed by atoms with Crippen LogP contribution in [0.4, 0.5) is 4.39 Å². The molecule has 0 saturated carbocycles. The minimum absolute atomic E-state index is 0.0341. The molecule has 0 saturated heterocycles. The van der Waals surface area contributed by atoms with E-state index in [1.165, 1.54) is 17.1 Å². The number of rotatable bonds is 3. The minimum Gasteiger partial charge on any atom is -0.272 e. The Labute approximate surface area is 106 Å². The van der Waals surface area contributed by atoms with E-state index in [1.807, 2.05) is 20.8 Å². The molecule has 3 nitrogen and oxygen atoms in total. The van der Waals surface area contributed by atoms with E-state index in [-0.39, 0.29) is 23.6 Å². The van der Waals surface area contributed by atoms with Gasteiger partial charge in [-0.1, -0.05) is 26.0 Å². The van der Waals surface area contributed by atoms with Crippen molar-refractivity contribution >= 4 is 11.6 Å². The zero-order chi connectivity index (χ0) is 13.3. The summed E-state index contributed by atoms with van der Waals surface area (Å²) in [5, 5.41) is 5.78. The molecule has 0 aliphatic carbocycles. The van der Waals surface area contributed by atoms with Gasteiger partial charge in [0.05, 0.1) is 12.5 Å². The zero-order valence-electron chi connectivity index (χ0n) is 10.9. The first-order chi connectivity index (χ1) is 8.49. The van der Waals surface area contributed by atoms with Crippen LogP contribution >= 0.6 is 0 Å². The van der Waals surface area contributed by atoms with Crippen molar-refractivity contribution < 1.29 is 9.18 Å². The van der Waals surface area contributed by atoms with E-state index in [9.17, 15) is 9.18 Å². The predicted molar refractivity (Wildman–Crippen MR) is 68.4 cm³/mol. The molecule has 96 valence electrons. The molecule has 1 atom stereocenters. The van der Waals surface area contributed by atoms with Crippen LogP contribution in [0.25, 0.3) is 0 Å². The van der Waals surface area contributed by atoms with Gasteiger partial charge in [-0.2, -0.15) is 5.10 Å². The molecule has 18 heavy (non-hydrogen) atoms. The van der Waals surface area contributed by atoms with Gasteiger partial charge in [-0.25, -0.2) is 9.40 Å². The van der Waals surface area contributed by atoms with Gasteiger partial charge in [-0.3, -0.25) is 4.79 Å². The maximum absolute atomic E-state index is 12.8. The molecule has 0 fully saturated rings. The lowest BCUT2D eigenvalue weighted by Gasteiger charge is -2.16. The van der Waals surface area contributed by atoms with Crippen molar-refractivity contribution in [3.8, 4) is 0 Å². The van der Waals surface area contributed by atoms with Crippen LogP contribution in [0.3, 0.4) is 0 Å². The third-order valence-electron chi connectivity index (χ3n) is 3.16. The molecule has 1 amide bonds. The van der Waals surface area contributed by atoms with Crippen molar-refractivity contribution in [3.05, 3.63) is 35.6 Å². The van der Waals surface area contributed by atoms with E-state index in [4.69, 9.17) is 0 Å². The minimum atomic E-state index is -0.272. The average Bonchev–Trinajstić information content (AvgIpc) is 2.57. The molecule has 0 N–H and O–H groups in total. The Hall–Kier alpha value is -1.71. The first-order valence-corrected chi connectivity index (χ1v) is 6.10. The lowest BCUT2D eigenvalue weighted by Crippen LogP contribution is -2.30. The lowest BCUT2D eigenvalue weighted by molar-refractivity contribution is -0.133. The summed E-state index contributed by atoms with van der Waals surface area (Å²) in [7, 11) is 0. The molecule has 0 aromatic heterocycles. The molecule has 0 bridgehead atoms. The summed E-state index contributed by atoms with van der Waals surface area (Å²) < 4.78 is 12.8. The molecule has 1 aromatic rings. The highest BCUT2D eigenvalue weighted by Crippen LogP contribution is 2.24. The van der Waals surface area contributed by atoms with E-state index >= 15 is 0 Å². The molecule has 1 aliphatic rings. The van der Waals surface area contributed by atoms with Crippen molar-refractivity contribution in [1.29, 1.82) is 0 Å². The first kappa shape index (κ1) is 12.7. The fourth-order valence-electron chi connectivity index (χ4n) is 2.28. The number of hydrogen-bond donors (Lipinski definition) is 0. The van der Waals surface area contributed by atoms with E-state index in [1.54, 1.807) is 12.1 Å². The van der Waals surface area contributed by atoms with Crippen LogP contribution < -0.4 is 0 Å². The number of hydrazone groups is 1. The van der Waals surface area contributed by atoms with E-state index in [0.29, 0.717) is 6.54 Å². The second-order valence-electron chi connectivity index (χ2n) is 4.99. The maximum atomic E-state index is 12.8. The molecule has 2 rings (SSSR count). The van der Waals surface area contributed by atoms with Gasteiger partial charge < -0.3 is 0 Å². The molecule has 1 aromatic carbocycles. The highest BCUT2D eigenvalue weighted by atomic mass is 19.1. The molecule has 1 aliphatic heterocycles. The van der Waals surface area contributed by atoms with Crippen LogP contribution in [0.2, 0.25) is 0 Å². The van der Waals surface area contributed by atoms with Crippen LogP contribution in [0.15, 0.2) is 29.4 Å². The van der Waals surface area contributed by atoms with Gasteiger partial charge in [0.15, 0.2) is 0 Å². The summed E-state index contributed by atoms with van der Waals surface area (Å²) in [6.07, 6.45) is 0. The van der Waals surface area contributed by atoms with Gasteiger partial charge in [0.1, 0.15) is 5.82 Å². The summed E-state index contributed by atoms with van der Waals surface area (Å²) in [4.78, 5) is 12.2. The van der Waals surface area contributed by atoms with Crippen molar-refractivity contribution in [2.45, 2.75) is 27.3 Å². The normalized spacial score (nSPS) is 19.6. The number of halogens is 1. The quantitative estimate of drug-likeness (QED) is 0.809. The topological polar surface area (TPSA) is 32.7 Å². The second-order valence-corrected chi connectivity index (χ2v) is 4.99. The smallest absolute Gasteiger partial charge is 0.252 e. The summed E-state index contributed by atoms with van der Waals surface area (Å²) in [5.74, 6) is -0.108. The van der Waals surface area contributed by atoms with E-state index < -0.39 is 0 Å². The number of hydrogen-bond acceptors (Lipinski definition) is 2. The highest BCUT2D eigenvalue weighted by molar-refractivity contribution is 6.07. The SMILES string of the molecule is CC1=NN(Cc2ccc(F)cc2)C(=O)C1C(C)C. The Morgan fingerprint density at radius 1 is 1.33 bits per heavy atom. The molecule has 4 heteroatoms. The Morgan fingerprint density at radius 2 is 1.94 bits per heavy atom. The van der Waals surface area contributed by atoms with Crippen LogP contribution in [0.1, 0.15) is 26.3 Å². The van der Waals surface area contributed by atoms with Crippen LogP contribution in [0, 0.1) is 17.7 Å². The van der Waals surface area contributed by atoms with Crippen molar-refractivity contribution in [1.82, 2.24) is 5.01 Å². The first-order valence-electron chi connectivity index (χ1n) is 6.10. The van der Waals surface area contributed by atoms with Gasteiger partial charge >= 0.3 is 0 Å². The van der Waals surface area contributed by atoms with Gasteiger partial charge in [0.25, 0.3) is 5.91 Å². The molecule has 0 radical (unpaired) electrons. The maximum Gasteiger partial charge on any atom is 0.252 e. The molecule has 1 unspecified atom stereocenters. The number of carbonyl (C=O) groups excluding carboxylic acids is 1. The number of benzene rings is 1. The third kappa shape index (κ3) is 2.42. The summed E-state index contributed by atoms with van der Waals surface area (Å²) in [6, 6.07) is 6.14. The fraction of sp³-hybridized carbons (Fsp3) is 0.429. The number of nitrogens with zero attached hydrogens (tertiary/aromatic N) is 2. The fourth-order valence-corrected chi connectivity index (χ4v) is 2.28. The Bertz CT molecular complexity index is 479. The molecular weight excluding hydrogens is 231 g/mol. The Morgan fingerprint density at radius 3 is 2.44 bits per heavy atom. The van der Waals surface area contributed by atoms with Gasteiger partial charge in [-0.05, 0) is 30.5 Å². The largest absolute Gasteiger partial charge is 0.272 e. The predicted octanol–water partition coefficient (Wildman–Crippen LogP) is 2.82. The zero-order valence-corrected chi connectivity index (χ0v) is 10.9. The Kier molecular flexibility index (Phi) is 3.45. The van der Waals surface area contributed by atoms with Crippen molar-refractivity contribution in [2.24, 2.45) is 16.9 Å². The van der Waals surface area contributed by atoms with Crippen molar-refractivity contribution in [3.63, 3.8) is 0 Å².